The van der Waals surface area contributed by atoms with Crippen LogP contribution in [0.3, 0.4) is 0 Å². The van der Waals surface area contributed by atoms with Gasteiger partial charge in [0.25, 0.3) is 0 Å². The highest BCUT2D eigenvalue weighted by Crippen LogP contribution is 2.39. The van der Waals surface area contributed by atoms with Crippen LogP contribution in [0.4, 0.5) is 5.69 Å². The van der Waals surface area contributed by atoms with Crippen molar-refractivity contribution in [2.24, 2.45) is 0 Å². The van der Waals surface area contributed by atoms with Crippen LogP contribution in [0.15, 0.2) is 30.3 Å². The molecule has 0 saturated heterocycles. The van der Waals surface area contributed by atoms with Gasteiger partial charge in [-0.2, -0.15) is 0 Å². The fraction of sp³-hybridized carbons (Fsp3) is 0.381. The second kappa shape index (κ2) is 9.85. The number of aliphatic hydroxyl groups excluding tert-OH is 1. The number of ether oxygens (including phenoxy) is 4. The van der Waals surface area contributed by atoms with Crippen molar-refractivity contribution < 1.29 is 28.8 Å². The van der Waals surface area contributed by atoms with Crippen molar-refractivity contribution in [2.75, 3.05) is 33.8 Å². The van der Waals surface area contributed by atoms with Gasteiger partial charge in [0.2, 0.25) is 11.7 Å². The first kappa shape index (κ1) is 21.4. The number of carbonyl (C=O) groups excluding carboxylic acids is 1. The lowest BCUT2D eigenvalue weighted by molar-refractivity contribution is -0.115. The second-order valence-electron chi connectivity index (χ2n) is 6.11. The van der Waals surface area contributed by atoms with Crippen molar-refractivity contribution in [1.82, 2.24) is 0 Å². The normalized spacial score (nSPS) is 11.5. The number of hydrogen-bond donors (Lipinski definition) is 2. The molecule has 7 nitrogen and oxygen atoms in total. The van der Waals surface area contributed by atoms with Crippen molar-refractivity contribution in [1.29, 1.82) is 0 Å². The predicted molar refractivity (Wildman–Crippen MR) is 107 cm³/mol. The van der Waals surface area contributed by atoms with Gasteiger partial charge in [-0.3, -0.25) is 4.79 Å². The molecule has 0 aliphatic heterocycles. The molecule has 2 N–H and O–H groups in total. The molecule has 2 rings (SSSR count). The Bertz CT molecular complexity index is 796. The van der Waals surface area contributed by atoms with Crippen LogP contribution in [-0.4, -0.2) is 39.5 Å². The van der Waals surface area contributed by atoms with Gasteiger partial charge < -0.3 is 29.4 Å². The number of amides is 1. The number of carbonyl (C=O) groups is 1. The molecule has 0 aromatic heterocycles. The Morgan fingerprint density at radius 2 is 1.57 bits per heavy atom. The van der Waals surface area contributed by atoms with Gasteiger partial charge >= 0.3 is 0 Å². The van der Waals surface area contributed by atoms with Crippen LogP contribution in [0.2, 0.25) is 0 Å². The summed E-state index contributed by atoms with van der Waals surface area (Å²) in [6.07, 6.45) is -0.128. The summed E-state index contributed by atoms with van der Waals surface area (Å²) in [5.41, 5.74) is 1.99. The Balaban J connectivity index is 2.30. The molecular weight excluding hydrogens is 362 g/mol. The number of anilines is 1. The summed E-state index contributed by atoms with van der Waals surface area (Å²) in [5.74, 6) is 1.95. The number of aliphatic hydroxyl groups is 1. The molecule has 2 aromatic rings. The maximum absolute atomic E-state index is 11.8. The summed E-state index contributed by atoms with van der Waals surface area (Å²) in [4.78, 5) is 11.8. The topological polar surface area (TPSA) is 86.3 Å². The van der Waals surface area contributed by atoms with Crippen LogP contribution in [0.25, 0.3) is 0 Å². The average Bonchev–Trinajstić information content (AvgIpc) is 2.72. The number of rotatable bonds is 9. The van der Waals surface area contributed by atoms with Crippen LogP contribution in [0, 0.1) is 0 Å². The molecule has 1 atom stereocenters. The molecule has 1 amide bonds. The van der Waals surface area contributed by atoms with Crippen LogP contribution < -0.4 is 24.3 Å². The Morgan fingerprint density at radius 3 is 2.07 bits per heavy atom. The lowest BCUT2D eigenvalue weighted by Gasteiger charge is -2.17. The van der Waals surface area contributed by atoms with Gasteiger partial charge in [-0.1, -0.05) is 13.0 Å². The zero-order valence-corrected chi connectivity index (χ0v) is 16.9. The number of methoxy groups -OCH3 is 4. The minimum absolute atomic E-state index is 0.130. The lowest BCUT2D eigenvalue weighted by Crippen LogP contribution is -2.11. The summed E-state index contributed by atoms with van der Waals surface area (Å²) < 4.78 is 21.3. The van der Waals surface area contributed by atoms with E-state index in [1.165, 1.54) is 7.11 Å². The van der Waals surface area contributed by atoms with Crippen molar-refractivity contribution >= 4 is 11.6 Å². The van der Waals surface area contributed by atoms with Crippen molar-refractivity contribution in [3.63, 3.8) is 0 Å². The minimum Gasteiger partial charge on any atom is -0.495 e. The molecule has 2 aromatic carbocycles. The minimum atomic E-state index is -0.800. The standard InChI is InChI=1S/C21H27NO6/c1-6-20(24)22-15-12-14(7-8-17(15)25-2)16(23)9-13-10-18(26-3)21(28-5)19(11-13)27-4/h7-8,10-12,16,23H,6,9H2,1-5H3,(H,22,24). The van der Waals surface area contributed by atoms with E-state index < -0.39 is 6.10 Å². The largest absolute Gasteiger partial charge is 0.495 e. The fourth-order valence-electron chi connectivity index (χ4n) is 2.86. The maximum atomic E-state index is 11.8. The third-order valence-electron chi connectivity index (χ3n) is 4.36. The molecule has 1 unspecified atom stereocenters. The van der Waals surface area contributed by atoms with E-state index in [2.05, 4.69) is 5.32 Å². The van der Waals surface area contributed by atoms with E-state index in [4.69, 9.17) is 18.9 Å². The molecular formula is C21H27NO6. The Morgan fingerprint density at radius 1 is 0.964 bits per heavy atom. The summed E-state index contributed by atoms with van der Waals surface area (Å²) in [6, 6.07) is 8.80. The first-order valence-corrected chi connectivity index (χ1v) is 8.92. The van der Waals surface area contributed by atoms with Crippen molar-refractivity contribution in [3.05, 3.63) is 41.5 Å². The molecule has 28 heavy (non-hydrogen) atoms. The Hall–Kier alpha value is -2.93. The van der Waals surface area contributed by atoms with Crippen LogP contribution >= 0.6 is 0 Å². The van der Waals surface area contributed by atoms with Gasteiger partial charge in [0, 0.05) is 12.8 Å². The van der Waals surface area contributed by atoms with Gasteiger partial charge in [-0.15, -0.1) is 0 Å². The third-order valence-corrected chi connectivity index (χ3v) is 4.36. The van der Waals surface area contributed by atoms with Crippen LogP contribution in [0.1, 0.15) is 30.6 Å². The molecule has 0 saturated carbocycles. The van der Waals surface area contributed by atoms with Crippen molar-refractivity contribution in [2.45, 2.75) is 25.9 Å². The summed E-state index contributed by atoms with van der Waals surface area (Å²) >= 11 is 0. The number of hydrogen-bond acceptors (Lipinski definition) is 6. The predicted octanol–water partition coefficient (Wildman–Crippen LogP) is 3.35. The van der Waals surface area contributed by atoms with Gasteiger partial charge in [0.05, 0.1) is 40.2 Å². The maximum Gasteiger partial charge on any atom is 0.224 e. The smallest absolute Gasteiger partial charge is 0.224 e. The zero-order valence-electron chi connectivity index (χ0n) is 16.9. The number of benzene rings is 2. The fourth-order valence-corrected chi connectivity index (χ4v) is 2.86. The van der Waals surface area contributed by atoms with Gasteiger partial charge in [0.1, 0.15) is 5.75 Å². The van der Waals surface area contributed by atoms with Crippen LogP contribution in [0.5, 0.6) is 23.0 Å². The molecule has 0 aliphatic rings. The SMILES string of the molecule is CCC(=O)Nc1cc(C(O)Cc2cc(OC)c(OC)c(OC)c2)ccc1OC. The molecule has 0 fully saturated rings. The van der Waals surface area contributed by atoms with Gasteiger partial charge in [0.15, 0.2) is 11.5 Å². The molecule has 152 valence electrons. The van der Waals surface area contributed by atoms with E-state index in [0.29, 0.717) is 47.1 Å². The summed E-state index contributed by atoms with van der Waals surface area (Å²) in [6.45, 7) is 1.77. The molecule has 0 aliphatic carbocycles. The van der Waals surface area contributed by atoms with E-state index in [0.717, 1.165) is 5.56 Å². The van der Waals surface area contributed by atoms with E-state index in [1.54, 1.807) is 58.6 Å². The zero-order chi connectivity index (χ0) is 20.7. The molecule has 0 bridgehead atoms. The average molecular weight is 389 g/mol. The first-order valence-electron chi connectivity index (χ1n) is 8.92. The third kappa shape index (κ3) is 4.86. The Labute approximate surface area is 165 Å². The lowest BCUT2D eigenvalue weighted by atomic mass is 10.00. The highest BCUT2D eigenvalue weighted by Gasteiger charge is 2.17. The summed E-state index contributed by atoms with van der Waals surface area (Å²) in [7, 11) is 6.16. The van der Waals surface area contributed by atoms with Gasteiger partial charge in [-0.25, -0.2) is 0 Å². The quantitative estimate of drug-likeness (QED) is 0.684. The molecule has 0 heterocycles. The van der Waals surface area contributed by atoms with E-state index >= 15 is 0 Å². The molecule has 0 spiro atoms. The van der Waals surface area contributed by atoms with E-state index in [-0.39, 0.29) is 5.91 Å². The summed E-state index contributed by atoms with van der Waals surface area (Å²) in [5, 5.41) is 13.5. The van der Waals surface area contributed by atoms with Crippen LogP contribution in [-0.2, 0) is 11.2 Å². The first-order chi connectivity index (χ1) is 13.5. The second-order valence-corrected chi connectivity index (χ2v) is 6.11. The van der Waals surface area contributed by atoms with E-state index in [9.17, 15) is 9.90 Å². The van der Waals surface area contributed by atoms with E-state index in [1.807, 2.05) is 0 Å². The van der Waals surface area contributed by atoms with Crippen molar-refractivity contribution in [3.8, 4) is 23.0 Å². The molecule has 7 heteroatoms. The highest BCUT2D eigenvalue weighted by atomic mass is 16.5. The monoisotopic (exact) mass is 389 g/mol. The number of nitrogens with one attached hydrogen (secondary N) is 1. The highest BCUT2D eigenvalue weighted by molar-refractivity contribution is 5.92. The molecule has 0 radical (unpaired) electrons. The van der Waals surface area contributed by atoms with Gasteiger partial charge in [-0.05, 0) is 35.4 Å². The Kier molecular flexibility index (Phi) is 7.52.